The molecule has 0 spiro atoms. The Morgan fingerprint density at radius 3 is 2.69 bits per heavy atom. The Balaban J connectivity index is 1.88. The van der Waals surface area contributed by atoms with Gasteiger partial charge >= 0.3 is 6.18 Å². The van der Waals surface area contributed by atoms with Crippen LogP contribution in [0.3, 0.4) is 0 Å². The fourth-order valence-corrected chi connectivity index (χ4v) is 3.62. The maximum absolute atomic E-state index is 12.5. The molecule has 2 amide bonds. The van der Waals surface area contributed by atoms with Crippen molar-refractivity contribution in [2.24, 2.45) is 0 Å². The zero-order chi connectivity index (χ0) is 19.3. The van der Waals surface area contributed by atoms with Crippen LogP contribution in [0, 0.1) is 13.8 Å². The predicted octanol–water partition coefficient (Wildman–Crippen LogP) is 3.11. The number of rotatable bonds is 6. The quantitative estimate of drug-likeness (QED) is 0.759. The van der Waals surface area contributed by atoms with Crippen molar-refractivity contribution in [1.29, 1.82) is 0 Å². The zero-order valence-electron chi connectivity index (χ0n) is 14.6. The van der Waals surface area contributed by atoms with Crippen molar-refractivity contribution in [1.82, 2.24) is 4.90 Å². The highest BCUT2D eigenvalue weighted by atomic mass is 32.2. The second kappa shape index (κ2) is 8.77. The van der Waals surface area contributed by atoms with E-state index in [1.165, 1.54) is 16.7 Å². The molecule has 0 saturated carbocycles. The number of carbonyl (C=O) groups excluding carboxylic acids is 2. The number of anilines is 1. The fraction of sp³-hybridized carbons (Fsp3) is 0.529. The van der Waals surface area contributed by atoms with Gasteiger partial charge in [0.1, 0.15) is 12.6 Å². The summed E-state index contributed by atoms with van der Waals surface area (Å²) < 4.78 is 40.6. The molecule has 144 valence electrons. The highest BCUT2D eigenvalue weighted by Crippen LogP contribution is 2.24. The lowest BCUT2D eigenvalue weighted by molar-refractivity contribution is -0.175. The summed E-state index contributed by atoms with van der Waals surface area (Å²) in [4.78, 5) is 26.1. The average Bonchev–Trinajstić information content (AvgIpc) is 3.04. The highest BCUT2D eigenvalue weighted by Gasteiger charge is 2.34. The first-order valence-electron chi connectivity index (χ1n) is 8.07. The van der Waals surface area contributed by atoms with Crippen LogP contribution in [-0.2, 0) is 14.3 Å². The van der Waals surface area contributed by atoms with Gasteiger partial charge in [-0.15, -0.1) is 11.8 Å². The van der Waals surface area contributed by atoms with Gasteiger partial charge in [0, 0.05) is 11.4 Å². The molecule has 0 aliphatic carbocycles. The van der Waals surface area contributed by atoms with E-state index in [1.807, 2.05) is 26.0 Å². The fourth-order valence-electron chi connectivity index (χ4n) is 2.44. The summed E-state index contributed by atoms with van der Waals surface area (Å²) >= 11 is 1.43. The largest absolute Gasteiger partial charge is 0.411 e. The number of aryl methyl sites for hydroxylation is 2. The Morgan fingerprint density at radius 2 is 2.04 bits per heavy atom. The number of nitrogens with one attached hydrogen (secondary N) is 1. The van der Waals surface area contributed by atoms with Crippen LogP contribution < -0.4 is 5.32 Å². The Kier molecular flexibility index (Phi) is 6.94. The van der Waals surface area contributed by atoms with Gasteiger partial charge in [0.05, 0.1) is 18.9 Å². The van der Waals surface area contributed by atoms with Crippen LogP contribution in [0.1, 0.15) is 17.5 Å². The van der Waals surface area contributed by atoms with Gasteiger partial charge < -0.3 is 15.0 Å². The normalized spacial score (nSPS) is 17.4. The Bertz CT molecular complexity index is 667. The van der Waals surface area contributed by atoms with Crippen LogP contribution in [-0.4, -0.2) is 53.8 Å². The van der Waals surface area contributed by atoms with Crippen LogP contribution >= 0.6 is 11.8 Å². The van der Waals surface area contributed by atoms with Crippen LogP contribution in [0.4, 0.5) is 18.9 Å². The van der Waals surface area contributed by atoms with E-state index in [9.17, 15) is 22.8 Å². The second-order valence-electron chi connectivity index (χ2n) is 6.09. The number of nitrogens with zero attached hydrogens (tertiary/aromatic N) is 1. The number of amides is 2. The summed E-state index contributed by atoms with van der Waals surface area (Å²) in [5.41, 5.74) is 2.80. The summed E-state index contributed by atoms with van der Waals surface area (Å²) in [7, 11) is 0. The van der Waals surface area contributed by atoms with Crippen LogP contribution in [0.5, 0.6) is 0 Å². The summed E-state index contributed by atoms with van der Waals surface area (Å²) in [5.74, 6) is 0.0924. The maximum Gasteiger partial charge on any atom is 0.411 e. The minimum atomic E-state index is -4.42. The van der Waals surface area contributed by atoms with Crippen molar-refractivity contribution in [3.63, 3.8) is 0 Å². The summed E-state index contributed by atoms with van der Waals surface area (Å²) in [6.45, 7) is 2.19. The molecule has 0 radical (unpaired) electrons. The molecule has 1 unspecified atom stereocenters. The SMILES string of the molecule is Cc1ccc(NC(=O)C2CSCN2C(=O)CCOCC(F)(F)F)cc1C. The smallest absolute Gasteiger partial charge is 0.372 e. The lowest BCUT2D eigenvalue weighted by atomic mass is 10.1. The molecule has 1 aromatic rings. The predicted molar refractivity (Wildman–Crippen MR) is 94.0 cm³/mol. The van der Waals surface area contributed by atoms with Crippen molar-refractivity contribution >= 4 is 29.3 Å². The van der Waals surface area contributed by atoms with E-state index < -0.39 is 24.7 Å². The van der Waals surface area contributed by atoms with Crippen molar-refractivity contribution < 1.29 is 27.5 Å². The van der Waals surface area contributed by atoms with E-state index in [0.29, 0.717) is 17.3 Å². The Morgan fingerprint density at radius 1 is 1.31 bits per heavy atom. The first-order chi connectivity index (χ1) is 12.2. The molecule has 1 heterocycles. The number of hydrogen-bond acceptors (Lipinski definition) is 4. The maximum atomic E-state index is 12.5. The van der Waals surface area contributed by atoms with E-state index >= 15 is 0 Å². The van der Waals surface area contributed by atoms with E-state index in [1.54, 1.807) is 6.07 Å². The minimum Gasteiger partial charge on any atom is -0.372 e. The molecule has 1 atom stereocenters. The number of alkyl halides is 3. The zero-order valence-corrected chi connectivity index (χ0v) is 15.4. The third-order valence-electron chi connectivity index (χ3n) is 4.01. The topological polar surface area (TPSA) is 58.6 Å². The standard InChI is InChI=1S/C17H21F3N2O3S/c1-11-3-4-13(7-12(11)2)21-16(24)14-8-26-10-22(14)15(23)5-6-25-9-17(18,19)20/h3-4,7,14H,5-6,8-10H2,1-2H3,(H,21,24). The van der Waals surface area contributed by atoms with Crippen molar-refractivity contribution in [2.45, 2.75) is 32.5 Å². The van der Waals surface area contributed by atoms with Crippen molar-refractivity contribution in [3.8, 4) is 0 Å². The molecular weight excluding hydrogens is 369 g/mol. The van der Waals surface area contributed by atoms with E-state index in [0.717, 1.165) is 11.1 Å². The third kappa shape index (κ3) is 5.91. The van der Waals surface area contributed by atoms with Crippen molar-refractivity contribution in [2.75, 3.05) is 30.2 Å². The summed E-state index contributed by atoms with van der Waals surface area (Å²) in [5, 5.41) is 2.80. The van der Waals surface area contributed by atoms with Gasteiger partial charge in [-0.05, 0) is 37.1 Å². The number of halogens is 3. The van der Waals surface area contributed by atoms with E-state index in [4.69, 9.17) is 0 Å². The van der Waals surface area contributed by atoms with E-state index in [-0.39, 0.29) is 18.9 Å². The number of benzene rings is 1. The molecule has 9 heteroatoms. The lowest BCUT2D eigenvalue weighted by Gasteiger charge is -2.23. The molecule has 5 nitrogen and oxygen atoms in total. The molecule has 1 aromatic carbocycles. The lowest BCUT2D eigenvalue weighted by Crippen LogP contribution is -2.44. The monoisotopic (exact) mass is 390 g/mol. The molecule has 1 aliphatic rings. The molecule has 1 saturated heterocycles. The number of ether oxygens (including phenoxy) is 1. The van der Waals surface area contributed by atoms with Crippen LogP contribution in [0.2, 0.25) is 0 Å². The molecule has 2 rings (SSSR count). The summed E-state index contributed by atoms with van der Waals surface area (Å²) in [6.07, 6.45) is -4.61. The minimum absolute atomic E-state index is 0.190. The molecule has 1 aliphatic heterocycles. The number of carbonyl (C=O) groups is 2. The van der Waals surface area contributed by atoms with E-state index in [2.05, 4.69) is 10.1 Å². The van der Waals surface area contributed by atoms with Crippen LogP contribution in [0.25, 0.3) is 0 Å². The van der Waals surface area contributed by atoms with Crippen molar-refractivity contribution in [3.05, 3.63) is 29.3 Å². The highest BCUT2D eigenvalue weighted by molar-refractivity contribution is 7.99. The third-order valence-corrected chi connectivity index (χ3v) is 5.02. The second-order valence-corrected chi connectivity index (χ2v) is 7.09. The van der Waals surface area contributed by atoms with Gasteiger partial charge in [0.2, 0.25) is 11.8 Å². The van der Waals surface area contributed by atoms with Crippen LogP contribution in [0.15, 0.2) is 18.2 Å². The average molecular weight is 390 g/mol. The Labute approximate surface area is 154 Å². The molecule has 1 fully saturated rings. The first-order valence-corrected chi connectivity index (χ1v) is 9.22. The van der Waals surface area contributed by atoms with Gasteiger partial charge in [-0.2, -0.15) is 13.2 Å². The number of hydrogen-bond donors (Lipinski definition) is 1. The van der Waals surface area contributed by atoms with Gasteiger partial charge in [-0.3, -0.25) is 9.59 Å². The Hall–Kier alpha value is -1.74. The number of thioether (sulfide) groups is 1. The summed E-state index contributed by atoms with van der Waals surface area (Å²) in [6, 6.07) is 4.90. The van der Waals surface area contributed by atoms with Gasteiger partial charge in [0.25, 0.3) is 0 Å². The molecule has 1 N–H and O–H groups in total. The van der Waals surface area contributed by atoms with Gasteiger partial charge in [0.15, 0.2) is 0 Å². The molecule has 0 bridgehead atoms. The molecule has 26 heavy (non-hydrogen) atoms. The molecular formula is C17H21F3N2O3S. The molecule has 0 aromatic heterocycles. The van der Waals surface area contributed by atoms with Gasteiger partial charge in [-0.25, -0.2) is 0 Å². The first kappa shape index (κ1) is 20.6. The van der Waals surface area contributed by atoms with Gasteiger partial charge in [-0.1, -0.05) is 6.07 Å².